The van der Waals surface area contributed by atoms with E-state index in [0.29, 0.717) is 13.0 Å². The average molecular weight is 674 g/mol. The van der Waals surface area contributed by atoms with Crippen LogP contribution in [0.3, 0.4) is 0 Å². The maximum atomic E-state index is 14.4. The third kappa shape index (κ3) is 9.37. The summed E-state index contributed by atoms with van der Waals surface area (Å²) in [5.74, 6) is -3.15. The molecule has 0 radical (unpaired) electrons. The standard InChI is InChI=1S/C36H59N5O7/c1-11-16-23(27(42)30(44)37-19-12-2)38-29(43)26-24-22(36(24,9)10)20-41(26)31(45)28(34(3,4)5)40-33(47)39-25(21-17-14-13-15-18-21)32(46)48-35(6,7)8/h12,21-26,28H,2,11,13-20H2,1,3-10H3,(H,37,44)(H,38,43)(H2,39,40,47)/t22-,23?,24-,25-,26-,28+/m0/s1. The number of ketones is 1. The summed E-state index contributed by atoms with van der Waals surface area (Å²) in [7, 11) is 0. The summed E-state index contributed by atoms with van der Waals surface area (Å²) in [5, 5.41) is 11.0. The highest BCUT2D eigenvalue weighted by molar-refractivity contribution is 6.38. The van der Waals surface area contributed by atoms with Gasteiger partial charge in [0.2, 0.25) is 17.6 Å². The van der Waals surface area contributed by atoms with Crippen molar-refractivity contribution in [3.8, 4) is 0 Å². The lowest BCUT2D eigenvalue weighted by molar-refractivity contribution is -0.159. The molecule has 3 rings (SSSR count). The first-order valence-corrected chi connectivity index (χ1v) is 17.6. The molecule has 5 amide bonds. The molecule has 12 heteroatoms. The van der Waals surface area contributed by atoms with Gasteiger partial charge in [-0.25, -0.2) is 9.59 Å². The normalized spacial score (nSPS) is 23.9. The molecule has 0 bridgehead atoms. The summed E-state index contributed by atoms with van der Waals surface area (Å²) in [6.45, 7) is 20.8. The maximum Gasteiger partial charge on any atom is 0.329 e. The molecule has 48 heavy (non-hydrogen) atoms. The number of carbonyl (C=O) groups excluding carboxylic acids is 6. The molecular weight excluding hydrogens is 614 g/mol. The van der Waals surface area contributed by atoms with E-state index in [1.165, 1.54) is 11.0 Å². The number of ether oxygens (including phenoxy) is 1. The van der Waals surface area contributed by atoms with Crippen molar-refractivity contribution in [2.75, 3.05) is 13.1 Å². The molecule has 4 N–H and O–H groups in total. The molecule has 1 saturated heterocycles. The largest absolute Gasteiger partial charge is 0.458 e. The van der Waals surface area contributed by atoms with Crippen molar-refractivity contribution in [2.24, 2.45) is 28.6 Å². The van der Waals surface area contributed by atoms with Gasteiger partial charge in [-0.1, -0.05) is 73.3 Å². The van der Waals surface area contributed by atoms with Gasteiger partial charge in [-0.2, -0.15) is 0 Å². The zero-order valence-corrected chi connectivity index (χ0v) is 30.5. The van der Waals surface area contributed by atoms with Crippen LogP contribution in [0.1, 0.15) is 107 Å². The van der Waals surface area contributed by atoms with Crippen molar-refractivity contribution in [1.29, 1.82) is 0 Å². The van der Waals surface area contributed by atoms with Gasteiger partial charge in [0, 0.05) is 13.1 Å². The summed E-state index contributed by atoms with van der Waals surface area (Å²) < 4.78 is 5.68. The number of Topliss-reactive ketones (excluding diaryl/α,β-unsaturated/α-hetero) is 1. The Morgan fingerprint density at radius 2 is 1.58 bits per heavy atom. The van der Waals surface area contributed by atoms with Gasteiger partial charge in [-0.05, 0) is 68.6 Å². The second kappa shape index (κ2) is 15.4. The SMILES string of the molecule is C=CCNC(=O)C(=O)C(CCC)NC(=O)[C@@H]1[C@@H]2[C@H](CN1C(=O)[C@@H](NC(=O)N[C@H](C(=O)OC(C)(C)C)C1CCCCC1)C(C)(C)C)C2(C)C. The summed E-state index contributed by atoms with van der Waals surface area (Å²) >= 11 is 0. The average Bonchev–Trinajstić information content (AvgIpc) is 3.31. The first-order chi connectivity index (χ1) is 22.2. The molecule has 270 valence electrons. The minimum atomic E-state index is -1.04. The lowest BCUT2D eigenvalue weighted by Gasteiger charge is -2.38. The summed E-state index contributed by atoms with van der Waals surface area (Å²) in [5.41, 5.74) is -1.69. The van der Waals surface area contributed by atoms with E-state index in [4.69, 9.17) is 4.74 Å². The molecule has 0 aromatic carbocycles. The highest BCUT2D eigenvalue weighted by Gasteiger charge is 2.70. The smallest absolute Gasteiger partial charge is 0.329 e. The van der Waals surface area contributed by atoms with E-state index in [2.05, 4.69) is 41.7 Å². The van der Waals surface area contributed by atoms with E-state index in [1.807, 2.05) is 27.7 Å². The van der Waals surface area contributed by atoms with E-state index in [-0.39, 0.29) is 36.1 Å². The summed E-state index contributed by atoms with van der Waals surface area (Å²) in [6, 6.07) is -4.48. The minimum absolute atomic E-state index is 0.0608. The second-order valence-electron chi connectivity index (χ2n) is 16.4. The number of esters is 1. The van der Waals surface area contributed by atoms with Crippen molar-refractivity contribution in [3.63, 3.8) is 0 Å². The molecule has 1 unspecified atom stereocenters. The Labute approximate surface area is 286 Å². The molecule has 2 aliphatic carbocycles. The van der Waals surface area contributed by atoms with Gasteiger partial charge >= 0.3 is 12.0 Å². The third-order valence-electron chi connectivity index (χ3n) is 10.1. The Balaban J connectivity index is 1.83. The van der Waals surface area contributed by atoms with Crippen LogP contribution in [0.4, 0.5) is 4.79 Å². The highest BCUT2D eigenvalue weighted by atomic mass is 16.6. The third-order valence-corrected chi connectivity index (χ3v) is 10.1. The number of nitrogens with one attached hydrogen (secondary N) is 4. The van der Waals surface area contributed by atoms with E-state index in [1.54, 1.807) is 20.8 Å². The Morgan fingerprint density at radius 1 is 0.958 bits per heavy atom. The Bertz CT molecular complexity index is 1240. The maximum absolute atomic E-state index is 14.4. The van der Waals surface area contributed by atoms with E-state index in [9.17, 15) is 28.8 Å². The fourth-order valence-corrected chi connectivity index (χ4v) is 7.37. The second-order valence-corrected chi connectivity index (χ2v) is 16.4. The number of nitrogens with zero attached hydrogens (tertiary/aromatic N) is 1. The number of likely N-dealkylation sites (tertiary alicyclic amines) is 1. The van der Waals surface area contributed by atoms with Crippen LogP contribution in [0.25, 0.3) is 0 Å². The monoisotopic (exact) mass is 673 g/mol. The zero-order valence-electron chi connectivity index (χ0n) is 30.5. The van der Waals surface area contributed by atoms with Gasteiger partial charge in [0.1, 0.15) is 23.7 Å². The van der Waals surface area contributed by atoms with Crippen molar-refractivity contribution >= 4 is 35.5 Å². The Morgan fingerprint density at radius 3 is 2.12 bits per heavy atom. The predicted molar refractivity (Wildman–Crippen MR) is 182 cm³/mol. The van der Waals surface area contributed by atoms with Crippen LogP contribution in [-0.2, 0) is 28.7 Å². The van der Waals surface area contributed by atoms with Crippen LogP contribution in [0.5, 0.6) is 0 Å². The number of hydrogen-bond donors (Lipinski definition) is 4. The topological polar surface area (TPSA) is 163 Å². The highest BCUT2D eigenvalue weighted by Crippen LogP contribution is 2.65. The van der Waals surface area contributed by atoms with Crippen molar-refractivity contribution in [1.82, 2.24) is 26.2 Å². The van der Waals surface area contributed by atoms with Crippen molar-refractivity contribution in [2.45, 2.75) is 137 Å². The number of fused-ring (bicyclic) bond motifs is 1. The van der Waals surface area contributed by atoms with Crippen LogP contribution >= 0.6 is 0 Å². The van der Waals surface area contributed by atoms with E-state index < -0.39 is 70.7 Å². The summed E-state index contributed by atoms with van der Waals surface area (Å²) in [4.78, 5) is 82.2. The fraction of sp³-hybridized carbons (Fsp3) is 0.778. The fourth-order valence-electron chi connectivity index (χ4n) is 7.37. The molecular formula is C36H59N5O7. The van der Waals surface area contributed by atoms with E-state index in [0.717, 1.165) is 32.1 Å². The van der Waals surface area contributed by atoms with Gasteiger partial charge in [0.25, 0.3) is 5.91 Å². The van der Waals surface area contributed by atoms with Gasteiger partial charge in [0.05, 0.1) is 6.04 Å². The Kier molecular flexibility index (Phi) is 12.5. The molecule has 1 aliphatic heterocycles. The molecule has 0 aromatic heterocycles. The van der Waals surface area contributed by atoms with Crippen LogP contribution in [0.2, 0.25) is 0 Å². The number of piperidine rings is 1. The number of urea groups is 1. The lowest BCUT2D eigenvalue weighted by Crippen LogP contribution is -2.62. The number of carbonyl (C=O) groups is 6. The molecule has 2 saturated carbocycles. The molecule has 0 spiro atoms. The Hall–Kier alpha value is -3.44. The van der Waals surface area contributed by atoms with Crippen LogP contribution in [0.15, 0.2) is 12.7 Å². The molecule has 6 atom stereocenters. The number of hydrogen-bond acceptors (Lipinski definition) is 7. The molecule has 1 heterocycles. The summed E-state index contributed by atoms with van der Waals surface area (Å²) in [6.07, 6.45) is 6.82. The number of rotatable bonds is 13. The van der Waals surface area contributed by atoms with Gasteiger partial charge in [-0.15, -0.1) is 6.58 Å². The number of amides is 5. The zero-order chi connectivity index (χ0) is 36.2. The molecule has 3 aliphatic rings. The molecule has 12 nitrogen and oxygen atoms in total. The van der Waals surface area contributed by atoms with Gasteiger partial charge in [0.15, 0.2) is 0 Å². The molecule has 3 fully saturated rings. The first-order valence-electron chi connectivity index (χ1n) is 17.6. The predicted octanol–water partition coefficient (Wildman–Crippen LogP) is 3.63. The lowest BCUT2D eigenvalue weighted by atomic mass is 9.83. The van der Waals surface area contributed by atoms with Gasteiger partial charge < -0.3 is 30.9 Å². The van der Waals surface area contributed by atoms with Crippen molar-refractivity contribution in [3.05, 3.63) is 12.7 Å². The van der Waals surface area contributed by atoms with Crippen LogP contribution in [0, 0.1) is 28.6 Å². The minimum Gasteiger partial charge on any atom is -0.458 e. The first kappa shape index (κ1) is 39.0. The van der Waals surface area contributed by atoms with Crippen molar-refractivity contribution < 1.29 is 33.5 Å². The van der Waals surface area contributed by atoms with Crippen LogP contribution < -0.4 is 21.3 Å². The van der Waals surface area contributed by atoms with Gasteiger partial charge in [-0.3, -0.25) is 19.2 Å². The quantitative estimate of drug-likeness (QED) is 0.132. The molecule has 0 aromatic rings. The van der Waals surface area contributed by atoms with Crippen LogP contribution in [-0.4, -0.2) is 83.3 Å². The van der Waals surface area contributed by atoms with E-state index >= 15 is 0 Å².